The van der Waals surface area contributed by atoms with Crippen molar-refractivity contribution in [2.45, 2.75) is 6.42 Å². The van der Waals surface area contributed by atoms with E-state index in [9.17, 15) is 0 Å². The molecule has 0 bridgehead atoms. The summed E-state index contributed by atoms with van der Waals surface area (Å²) in [4.78, 5) is 3.88. The molecule has 0 radical (unpaired) electrons. The average Bonchev–Trinajstić information content (AvgIpc) is 1.95. The molecule has 0 aliphatic carbocycles. The normalized spacial score (nSPS) is 10.1. The van der Waals surface area contributed by atoms with Crippen molar-refractivity contribution in [2.24, 2.45) is 0 Å². The molecule has 0 amide bonds. The van der Waals surface area contributed by atoms with Crippen LogP contribution in [0.3, 0.4) is 0 Å². The van der Waals surface area contributed by atoms with E-state index < -0.39 is 0 Å². The van der Waals surface area contributed by atoms with E-state index in [1.165, 1.54) is 0 Å². The zero-order chi connectivity index (χ0) is 8.27. The Morgan fingerprint density at radius 3 is 2.64 bits per heavy atom. The van der Waals surface area contributed by atoms with E-state index in [-0.39, 0.29) is 0 Å². The van der Waals surface area contributed by atoms with E-state index in [1.54, 1.807) is 12.3 Å². The first kappa shape index (κ1) is 9.11. The standard InChI is InChI=1S/C7H6Cl3N/c8-2-1-5-4-11-7(10)3-6(5)9/h3-4H,1-2H2. The lowest BCUT2D eigenvalue weighted by Crippen LogP contribution is -1.89. The molecule has 0 unspecified atom stereocenters. The minimum atomic E-state index is 0.410. The first-order valence-corrected chi connectivity index (χ1v) is 4.39. The number of hydrogen-bond donors (Lipinski definition) is 0. The minimum Gasteiger partial charge on any atom is -0.244 e. The van der Waals surface area contributed by atoms with Crippen LogP contribution < -0.4 is 0 Å². The first-order chi connectivity index (χ1) is 5.24. The number of rotatable bonds is 2. The third-order valence-electron chi connectivity index (χ3n) is 1.26. The molecule has 0 aliphatic heterocycles. The van der Waals surface area contributed by atoms with Crippen molar-refractivity contribution in [3.63, 3.8) is 0 Å². The number of alkyl halides is 1. The number of halogens is 3. The maximum Gasteiger partial charge on any atom is 0.130 e. The van der Waals surface area contributed by atoms with Crippen LogP contribution in [0, 0.1) is 0 Å². The summed E-state index contributed by atoms with van der Waals surface area (Å²) in [6.45, 7) is 0. The van der Waals surface area contributed by atoms with Crippen molar-refractivity contribution >= 4 is 34.8 Å². The van der Waals surface area contributed by atoms with Crippen LogP contribution in [0.2, 0.25) is 10.2 Å². The highest BCUT2D eigenvalue weighted by Gasteiger charge is 2.00. The van der Waals surface area contributed by atoms with E-state index in [0.717, 1.165) is 12.0 Å². The molecule has 1 heterocycles. The number of nitrogens with zero attached hydrogens (tertiary/aromatic N) is 1. The zero-order valence-corrected chi connectivity index (χ0v) is 7.92. The van der Waals surface area contributed by atoms with Gasteiger partial charge in [-0.3, -0.25) is 0 Å². The Morgan fingerprint density at radius 1 is 1.36 bits per heavy atom. The Morgan fingerprint density at radius 2 is 2.09 bits per heavy atom. The molecule has 0 N–H and O–H groups in total. The van der Waals surface area contributed by atoms with Crippen molar-refractivity contribution in [2.75, 3.05) is 5.88 Å². The lowest BCUT2D eigenvalue weighted by Gasteiger charge is -1.99. The number of aryl methyl sites for hydroxylation is 1. The highest BCUT2D eigenvalue weighted by molar-refractivity contribution is 6.34. The van der Waals surface area contributed by atoms with E-state index in [2.05, 4.69) is 4.98 Å². The van der Waals surface area contributed by atoms with Crippen molar-refractivity contribution in [1.29, 1.82) is 0 Å². The van der Waals surface area contributed by atoms with Gasteiger partial charge in [-0.2, -0.15) is 0 Å². The fourth-order valence-electron chi connectivity index (χ4n) is 0.722. The smallest absolute Gasteiger partial charge is 0.130 e. The van der Waals surface area contributed by atoms with Crippen LogP contribution in [0.1, 0.15) is 5.56 Å². The van der Waals surface area contributed by atoms with Crippen LogP contribution >= 0.6 is 34.8 Å². The quantitative estimate of drug-likeness (QED) is 0.540. The molecule has 4 heteroatoms. The summed E-state index contributed by atoms with van der Waals surface area (Å²) in [5.41, 5.74) is 0.936. The number of aromatic nitrogens is 1. The summed E-state index contributed by atoms with van der Waals surface area (Å²) in [7, 11) is 0. The van der Waals surface area contributed by atoms with Crippen molar-refractivity contribution in [3.8, 4) is 0 Å². The van der Waals surface area contributed by atoms with Crippen molar-refractivity contribution in [1.82, 2.24) is 4.98 Å². The molecule has 0 saturated heterocycles. The molecular weight excluding hydrogens is 204 g/mol. The minimum absolute atomic E-state index is 0.410. The third-order valence-corrected chi connectivity index (χ3v) is 2.01. The fraction of sp³-hybridized carbons (Fsp3) is 0.286. The summed E-state index contributed by atoms with van der Waals surface area (Å²) in [5.74, 6) is 0.545. The van der Waals surface area contributed by atoms with Gasteiger partial charge in [0.2, 0.25) is 0 Å². The van der Waals surface area contributed by atoms with E-state index in [0.29, 0.717) is 16.1 Å². The third kappa shape index (κ3) is 2.51. The molecule has 1 aromatic rings. The van der Waals surface area contributed by atoms with Gasteiger partial charge in [-0.25, -0.2) is 4.98 Å². The van der Waals surface area contributed by atoms with Gasteiger partial charge in [-0.05, 0) is 18.1 Å². The van der Waals surface area contributed by atoms with Crippen molar-refractivity contribution in [3.05, 3.63) is 28.0 Å². The monoisotopic (exact) mass is 209 g/mol. The van der Waals surface area contributed by atoms with Crippen LogP contribution in [-0.4, -0.2) is 10.9 Å². The molecular formula is C7H6Cl3N. The Balaban J connectivity index is 2.90. The molecule has 60 valence electrons. The number of hydrogen-bond acceptors (Lipinski definition) is 1. The second kappa shape index (κ2) is 4.15. The van der Waals surface area contributed by atoms with Gasteiger partial charge in [0.25, 0.3) is 0 Å². The molecule has 0 atom stereocenters. The van der Waals surface area contributed by atoms with Crippen LogP contribution in [0.4, 0.5) is 0 Å². The van der Waals surface area contributed by atoms with E-state index in [4.69, 9.17) is 34.8 Å². The lowest BCUT2D eigenvalue weighted by atomic mass is 10.2. The highest BCUT2D eigenvalue weighted by atomic mass is 35.5. The molecule has 1 rings (SSSR count). The van der Waals surface area contributed by atoms with Gasteiger partial charge in [0.05, 0.1) is 0 Å². The summed E-state index contributed by atoms with van der Waals surface area (Å²) in [6, 6.07) is 1.62. The van der Waals surface area contributed by atoms with E-state index >= 15 is 0 Å². The van der Waals surface area contributed by atoms with Crippen LogP contribution in [0.5, 0.6) is 0 Å². The first-order valence-electron chi connectivity index (χ1n) is 3.10. The lowest BCUT2D eigenvalue weighted by molar-refractivity contribution is 1.11. The second-order valence-corrected chi connectivity index (χ2v) is 3.21. The summed E-state index contributed by atoms with van der Waals surface area (Å²) in [6.07, 6.45) is 2.37. The van der Waals surface area contributed by atoms with Crippen LogP contribution in [-0.2, 0) is 6.42 Å². The van der Waals surface area contributed by atoms with Crippen LogP contribution in [0.15, 0.2) is 12.3 Å². The predicted octanol–water partition coefficient (Wildman–Crippen LogP) is 3.17. The maximum absolute atomic E-state index is 5.83. The van der Waals surface area contributed by atoms with E-state index in [1.807, 2.05) is 0 Å². The molecule has 0 aromatic carbocycles. The second-order valence-electron chi connectivity index (χ2n) is 2.04. The molecule has 1 nitrogen and oxygen atoms in total. The maximum atomic E-state index is 5.83. The van der Waals surface area contributed by atoms with Gasteiger partial charge in [-0.15, -0.1) is 11.6 Å². The van der Waals surface area contributed by atoms with Gasteiger partial charge in [0, 0.05) is 17.1 Å². The molecule has 1 aromatic heterocycles. The largest absolute Gasteiger partial charge is 0.244 e. The molecule has 0 spiro atoms. The van der Waals surface area contributed by atoms with Gasteiger partial charge >= 0.3 is 0 Å². The Kier molecular flexibility index (Phi) is 3.44. The summed E-state index contributed by atoms with van der Waals surface area (Å²) < 4.78 is 0. The average molecular weight is 210 g/mol. The van der Waals surface area contributed by atoms with Gasteiger partial charge in [0.15, 0.2) is 0 Å². The Bertz CT molecular complexity index is 249. The van der Waals surface area contributed by atoms with Crippen molar-refractivity contribution < 1.29 is 0 Å². The zero-order valence-electron chi connectivity index (χ0n) is 5.65. The van der Waals surface area contributed by atoms with Crippen LogP contribution in [0.25, 0.3) is 0 Å². The summed E-state index contributed by atoms with van der Waals surface area (Å²) in [5, 5.41) is 1.04. The predicted molar refractivity (Wildman–Crippen MR) is 48.7 cm³/mol. The van der Waals surface area contributed by atoms with Gasteiger partial charge in [-0.1, -0.05) is 23.2 Å². The fourth-order valence-corrected chi connectivity index (χ4v) is 1.39. The van der Waals surface area contributed by atoms with Gasteiger partial charge in [0.1, 0.15) is 5.15 Å². The Hall–Kier alpha value is 0.0200. The van der Waals surface area contributed by atoms with Gasteiger partial charge < -0.3 is 0 Å². The SMILES string of the molecule is ClCCc1cnc(Cl)cc1Cl. The Labute approximate surface area is 80.3 Å². The topological polar surface area (TPSA) is 12.9 Å². The summed E-state index contributed by atoms with van der Waals surface area (Å²) >= 11 is 16.9. The molecule has 0 fully saturated rings. The molecule has 0 saturated carbocycles. The highest BCUT2D eigenvalue weighted by Crippen LogP contribution is 2.18. The molecule has 11 heavy (non-hydrogen) atoms. The molecule has 0 aliphatic rings. The number of pyridine rings is 1.